The summed E-state index contributed by atoms with van der Waals surface area (Å²) < 4.78 is 27.0. The Hall–Kier alpha value is -2.10. The largest absolute Gasteiger partial charge is 0.337 e. The number of hydrogen-bond acceptors (Lipinski definition) is 6. The van der Waals surface area contributed by atoms with Crippen LogP contribution in [0.3, 0.4) is 0 Å². The van der Waals surface area contributed by atoms with Gasteiger partial charge in [-0.3, -0.25) is 9.59 Å². The van der Waals surface area contributed by atoms with Crippen LogP contribution in [0, 0.1) is 13.8 Å². The van der Waals surface area contributed by atoms with E-state index in [2.05, 4.69) is 9.71 Å². The van der Waals surface area contributed by atoms with E-state index in [1.165, 1.54) is 47.4 Å². The summed E-state index contributed by atoms with van der Waals surface area (Å²) in [6.45, 7) is 6.73. The summed E-state index contributed by atoms with van der Waals surface area (Å²) in [7, 11) is -2.21. The van der Waals surface area contributed by atoms with Crippen LogP contribution in [-0.2, 0) is 14.8 Å². The van der Waals surface area contributed by atoms with E-state index < -0.39 is 10.0 Å². The molecule has 0 aliphatic heterocycles. The molecule has 2 rings (SSSR count). The number of carbonyl (C=O) groups is 2. The molecule has 0 radical (unpaired) electrons. The summed E-state index contributed by atoms with van der Waals surface area (Å²) in [6, 6.07) is 5.38. The third-order valence-electron chi connectivity index (χ3n) is 4.28. The molecule has 146 valence electrons. The highest BCUT2D eigenvalue weighted by atomic mass is 32.2. The summed E-state index contributed by atoms with van der Waals surface area (Å²) in [5.74, 6) is -0.497. The maximum absolute atomic E-state index is 12.4. The van der Waals surface area contributed by atoms with Crippen molar-refractivity contribution in [2.75, 3.05) is 13.6 Å². The first-order valence-corrected chi connectivity index (χ1v) is 10.6. The lowest BCUT2D eigenvalue weighted by Crippen LogP contribution is -2.39. The fraction of sp³-hybridized carbons (Fsp3) is 0.389. The number of carbonyl (C=O) groups excluding carboxylic acids is 2. The SMILES string of the molecule is CC(=O)c1ccc(S(=O)(=O)NCC(=O)N(C)C(C)c2sc(C)nc2C)cc1. The minimum atomic E-state index is -3.84. The number of nitrogens with zero attached hydrogens (tertiary/aromatic N) is 2. The van der Waals surface area contributed by atoms with E-state index in [1.54, 1.807) is 7.05 Å². The van der Waals surface area contributed by atoms with Gasteiger partial charge in [-0.15, -0.1) is 11.3 Å². The Kier molecular flexibility index (Phi) is 6.50. The summed E-state index contributed by atoms with van der Waals surface area (Å²) >= 11 is 1.52. The van der Waals surface area contributed by atoms with Crippen molar-refractivity contribution in [1.82, 2.24) is 14.6 Å². The van der Waals surface area contributed by atoms with Gasteiger partial charge in [0.25, 0.3) is 0 Å². The zero-order valence-corrected chi connectivity index (χ0v) is 17.6. The number of hydrogen-bond donors (Lipinski definition) is 1. The molecule has 1 amide bonds. The Balaban J connectivity index is 2.04. The quantitative estimate of drug-likeness (QED) is 0.709. The number of ketones is 1. The van der Waals surface area contributed by atoms with Crippen LogP contribution in [0.2, 0.25) is 0 Å². The molecule has 0 fully saturated rings. The summed E-state index contributed by atoms with van der Waals surface area (Å²) in [4.78, 5) is 30.6. The molecule has 27 heavy (non-hydrogen) atoms. The molecule has 1 aromatic heterocycles. The second-order valence-electron chi connectivity index (χ2n) is 6.27. The molecule has 9 heteroatoms. The first-order valence-electron chi connectivity index (χ1n) is 8.33. The van der Waals surface area contributed by atoms with Crippen molar-refractivity contribution in [3.05, 3.63) is 45.4 Å². The number of benzene rings is 1. The lowest BCUT2D eigenvalue weighted by Gasteiger charge is -2.24. The van der Waals surface area contributed by atoms with Crippen LogP contribution in [0.4, 0.5) is 0 Å². The van der Waals surface area contributed by atoms with E-state index in [0.29, 0.717) is 5.56 Å². The van der Waals surface area contributed by atoms with E-state index in [-0.39, 0.29) is 29.2 Å². The van der Waals surface area contributed by atoms with E-state index in [1.807, 2.05) is 20.8 Å². The fourth-order valence-corrected chi connectivity index (χ4v) is 4.56. The fourth-order valence-electron chi connectivity index (χ4n) is 2.56. The molecule has 0 saturated heterocycles. The predicted octanol–water partition coefficient (Wildman–Crippen LogP) is 2.46. The van der Waals surface area contributed by atoms with E-state index in [9.17, 15) is 18.0 Å². The van der Waals surface area contributed by atoms with E-state index in [4.69, 9.17) is 0 Å². The van der Waals surface area contributed by atoms with Crippen LogP contribution in [0.25, 0.3) is 0 Å². The average molecular weight is 410 g/mol. The molecule has 2 aromatic rings. The van der Waals surface area contributed by atoms with Crippen molar-refractivity contribution in [2.45, 2.75) is 38.6 Å². The zero-order valence-electron chi connectivity index (χ0n) is 15.9. The minimum Gasteiger partial charge on any atom is -0.337 e. The van der Waals surface area contributed by atoms with Gasteiger partial charge in [0.1, 0.15) is 0 Å². The topological polar surface area (TPSA) is 96.4 Å². The number of likely N-dealkylation sites (N-methyl/N-ethyl adjacent to an activating group) is 1. The highest BCUT2D eigenvalue weighted by Crippen LogP contribution is 2.28. The van der Waals surface area contributed by atoms with Crippen LogP contribution in [-0.4, -0.2) is 43.6 Å². The molecule has 1 N–H and O–H groups in total. The number of thiazole rings is 1. The van der Waals surface area contributed by atoms with Gasteiger partial charge < -0.3 is 4.90 Å². The van der Waals surface area contributed by atoms with Gasteiger partial charge in [0.2, 0.25) is 15.9 Å². The smallest absolute Gasteiger partial charge is 0.241 e. The number of aryl methyl sites for hydroxylation is 2. The highest BCUT2D eigenvalue weighted by Gasteiger charge is 2.23. The Morgan fingerprint density at radius 3 is 2.30 bits per heavy atom. The van der Waals surface area contributed by atoms with E-state index >= 15 is 0 Å². The number of nitrogens with one attached hydrogen (secondary N) is 1. The first kappa shape index (κ1) is 21.2. The lowest BCUT2D eigenvalue weighted by atomic mass is 10.2. The molecule has 0 bridgehead atoms. The predicted molar refractivity (Wildman–Crippen MR) is 104 cm³/mol. The van der Waals surface area contributed by atoms with Crippen LogP contribution in [0.15, 0.2) is 29.2 Å². The third kappa shape index (κ3) is 5.00. The van der Waals surface area contributed by atoms with Gasteiger partial charge in [0, 0.05) is 17.5 Å². The molecular formula is C18H23N3O4S2. The standard InChI is InChI=1S/C18H23N3O4S2/c1-11-18(26-14(4)20-11)12(2)21(5)17(23)10-19-27(24,25)16-8-6-15(7-9-16)13(3)22/h6-9,12,19H,10H2,1-5H3. The van der Waals surface area contributed by atoms with Crippen molar-refractivity contribution in [2.24, 2.45) is 0 Å². The van der Waals surface area contributed by atoms with Crippen LogP contribution >= 0.6 is 11.3 Å². The van der Waals surface area contributed by atoms with Crippen LogP contribution in [0.5, 0.6) is 0 Å². The molecule has 1 heterocycles. The normalized spacial score (nSPS) is 12.6. The lowest BCUT2D eigenvalue weighted by molar-refractivity contribution is -0.130. The second-order valence-corrected chi connectivity index (χ2v) is 9.27. The van der Waals surface area contributed by atoms with E-state index in [0.717, 1.165) is 15.6 Å². The second kappa shape index (κ2) is 8.28. The van der Waals surface area contributed by atoms with Crippen LogP contribution in [0.1, 0.15) is 45.8 Å². The molecule has 1 unspecified atom stereocenters. The van der Waals surface area contributed by atoms with Gasteiger partial charge >= 0.3 is 0 Å². The third-order valence-corrected chi connectivity index (χ3v) is 6.94. The number of Topliss-reactive ketones (excluding diaryl/α,β-unsaturated/α-hetero) is 1. The van der Waals surface area contributed by atoms with Crippen molar-refractivity contribution in [1.29, 1.82) is 0 Å². The van der Waals surface area contributed by atoms with Gasteiger partial charge in [-0.1, -0.05) is 12.1 Å². The average Bonchev–Trinajstić information content (AvgIpc) is 2.96. The van der Waals surface area contributed by atoms with Gasteiger partial charge in [0.05, 0.1) is 28.2 Å². The van der Waals surface area contributed by atoms with Crippen LogP contribution < -0.4 is 4.72 Å². The molecule has 1 aromatic carbocycles. The molecule has 7 nitrogen and oxygen atoms in total. The van der Waals surface area contributed by atoms with Gasteiger partial charge in [0.15, 0.2) is 5.78 Å². The monoisotopic (exact) mass is 409 g/mol. The summed E-state index contributed by atoms with van der Waals surface area (Å²) in [6.07, 6.45) is 0. The summed E-state index contributed by atoms with van der Waals surface area (Å²) in [5.41, 5.74) is 1.30. The Morgan fingerprint density at radius 2 is 1.81 bits per heavy atom. The molecule has 0 spiro atoms. The first-order chi connectivity index (χ1) is 12.5. The minimum absolute atomic E-state index is 0.00456. The van der Waals surface area contributed by atoms with Crippen molar-refractivity contribution >= 4 is 33.1 Å². The number of aromatic nitrogens is 1. The molecule has 1 atom stereocenters. The van der Waals surface area contributed by atoms with Crippen molar-refractivity contribution in [3.63, 3.8) is 0 Å². The Labute approximate surface area is 163 Å². The summed E-state index contributed by atoms with van der Waals surface area (Å²) in [5, 5.41) is 0.921. The highest BCUT2D eigenvalue weighted by molar-refractivity contribution is 7.89. The Morgan fingerprint density at radius 1 is 1.22 bits per heavy atom. The molecule has 0 aliphatic rings. The van der Waals surface area contributed by atoms with Crippen molar-refractivity contribution in [3.8, 4) is 0 Å². The maximum atomic E-state index is 12.4. The molecule has 0 aliphatic carbocycles. The van der Waals surface area contributed by atoms with Crippen molar-refractivity contribution < 1.29 is 18.0 Å². The number of sulfonamides is 1. The Bertz CT molecular complexity index is 949. The molecular weight excluding hydrogens is 386 g/mol. The number of rotatable bonds is 7. The molecule has 0 saturated carbocycles. The van der Waals surface area contributed by atoms with Gasteiger partial charge in [-0.25, -0.2) is 18.1 Å². The van der Waals surface area contributed by atoms with Gasteiger partial charge in [-0.05, 0) is 39.8 Å². The maximum Gasteiger partial charge on any atom is 0.241 e. The van der Waals surface area contributed by atoms with Gasteiger partial charge in [-0.2, -0.15) is 0 Å². The number of amides is 1. The zero-order chi connectivity index (χ0) is 20.4.